The number of nitrogens with one attached hydrogen (secondary N) is 1. The van der Waals surface area contributed by atoms with Crippen molar-refractivity contribution >= 4 is 11.6 Å². The van der Waals surface area contributed by atoms with Crippen LogP contribution >= 0.6 is 0 Å². The molecule has 0 atom stereocenters. The van der Waals surface area contributed by atoms with Crippen molar-refractivity contribution in [1.29, 1.82) is 0 Å². The Morgan fingerprint density at radius 3 is 2.60 bits per heavy atom. The van der Waals surface area contributed by atoms with Crippen LogP contribution in [0.15, 0.2) is 17.1 Å². The molecule has 2 N–H and O–H groups in total. The van der Waals surface area contributed by atoms with Crippen molar-refractivity contribution in [3.63, 3.8) is 0 Å². The summed E-state index contributed by atoms with van der Waals surface area (Å²) in [6.45, 7) is 1.53. The third-order valence-electron chi connectivity index (χ3n) is 3.77. The number of amides is 1. The van der Waals surface area contributed by atoms with Crippen LogP contribution in [0.25, 0.3) is 0 Å². The molecule has 110 valence electrons. The van der Waals surface area contributed by atoms with Gasteiger partial charge in [-0.15, -0.1) is 0 Å². The van der Waals surface area contributed by atoms with E-state index in [4.69, 9.17) is 0 Å². The second-order valence-electron chi connectivity index (χ2n) is 5.20. The molecule has 7 heteroatoms. The molecule has 1 saturated carbocycles. The lowest BCUT2D eigenvalue weighted by Crippen LogP contribution is -2.59. The highest BCUT2D eigenvalue weighted by molar-refractivity contribution is 5.97. The van der Waals surface area contributed by atoms with Crippen LogP contribution in [0, 0.1) is 6.92 Å². The predicted octanol–water partition coefficient (Wildman–Crippen LogP) is 1.18. The number of carbonyl (C=O) groups excluding carboxylic acids is 1. The number of hydrogen-bond donors (Lipinski definition) is 2. The van der Waals surface area contributed by atoms with Gasteiger partial charge >= 0.3 is 5.92 Å². The summed E-state index contributed by atoms with van der Waals surface area (Å²) in [5, 5.41) is 11.6. The van der Waals surface area contributed by atoms with Crippen LogP contribution in [-0.2, 0) is 11.8 Å². The monoisotopic (exact) mass is 286 g/mol. The lowest BCUT2D eigenvalue weighted by Gasteiger charge is -2.41. The van der Waals surface area contributed by atoms with E-state index in [1.165, 1.54) is 30.8 Å². The number of pyridine rings is 1. The maximum Gasteiger partial charge on any atom is 0.352 e. The fraction of sp³-hybridized carbons (Fsp3) is 0.538. The Hall–Kier alpha value is -1.76. The standard InChI is InChI=1S/C13H16F2N2O3/c1-8-4-7-17(2)10(18)9(8)16-11(19)13(14,15)12(20)5-3-6-12/h4,7,20H,3,5-6H2,1-2H3,(H,16,19). The van der Waals surface area contributed by atoms with Crippen molar-refractivity contribution in [2.75, 3.05) is 5.32 Å². The van der Waals surface area contributed by atoms with Gasteiger partial charge in [-0.2, -0.15) is 8.78 Å². The predicted molar refractivity (Wildman–Crippen MR) is 68.8 cm³/mol. The number of halogens is 2. The maximum absolute atomic E-state index is 13.9. The Morgan fingerprint density at radius 1 is 1.50 bits per heavy atom. The Bertz CT molecular complexity index is 606. The summed E-state index contributed by atoms with van der Waals surface area (Å²) in [5.41, 5.74) is -2.68. The highest BCUT2D eigenvalue weighted by Gasteiger charge is 2.61. The molecule has 0 radical (unpaired) electrons. The average molecular weight is 286 g/mol. The number of aliphatic hydroxyl groups is 1. The van der Waals surface area contributed by atoms with E-state index in [0.29, 0.717) is 12.0 Å². The Morgan fingerprint density at radius 2 is 2.10 bits per heavy atom. The minimum atomic E-state index is -3.92. The van der Waals surface area contributed by atoms with Crippen molar-refractivity contribution in [2.45, 2.75) is 37.7 Å². The van der Waals surface area contributed by atoms with Gasteiger partial charge in [-0.3, -0.25) is 9.59 Å². The number of hydrogen-bond acceptors (Lipinski definition) is 3. The molecule has 0 bridgehead atoms. The zero-order valence-corrected chi connectivity index (χ0v) is 11.2. The van der Waals surface area contributed by atoms with Crippen molar-refractivity contribution in [1.82, 2.24) is 4.57 Å². The minimum Gasteiger partial charge on any atom is -0.383 e. The normalized spacial score (nSPS) is 17.4. The van der Waals surface area contributed by atoms with Crippen LogP contribution in [0.5, 0.6) is 0 Å². The molecule has 1 aliphatic rings. The first kappa shape index (κ1) is 14.6. The van der Waals surface area contributed by atoms with Gasteiger partial charge in [-0.05, 0) is 37.8 Å². The van der Waals surface area contributed by atoms with Gasteiger partial charge in [0.15, 0.2) is 0 Å². The quantitative estimate of drug-likeness (QED) is 0.876. The molecule has 0 unspecified atom stereocenters. The van der Waals surface area contributed by atoms with Crippen LogP contribution in [0.2, 0.25) is 0 Å². The van der Waals surface area contributed by atoms with E-state index in [2.05, 4.69) is 0 Å². The molecule has 1 aliphatic carbocycles. The van der Waals surface area contributed by atoms with Gasteiger partial charge in [0.1, 0.15) is 11.3 Å². The number of anilines is 1. The number of aryl methyl sites for hydroxylation is 2. The van der Waals surface area contributed by atoms with Crippen LogP contribution in [0.3, 0.4) is 0 Å². The van der Waals surface area contributed by atoms with Gasteiger partial charge in [0.05, 0.1) is 0 Å². The molecule has 2 rings (SSSR count). The van der Waals surface area contributed by atoms with Crippen molar-refractivity contribution < 1.29 is 18.7 Å². The van der Waals surface area contributed by atoms with Gasteiger partial charge < -0.3 is 15.0 Å². The SMILES string of the molecule is Cc1ccn(C)c(=O)c1NC(=O)C(F)(F)C1(O)CCC1. The average Bonchev–Trinajstić information content (AvgIpc) is 2.35. The summed E-state index contributed by atoms with van der Waals surface area (Å²) in [6.07, 6.45) is 1.68. The smallest absolute Gasteiger partial charge is 0.352 e. The second kappa shape index (κ2) is 4.66. The van der Waals surface area contributed by atoms with Gasteiger partial charge in [0.25, 0.3) is 11.5 Å². The first-order valence-corrected chi connectivity index (χ1v) is 6.27. The Labute approximate surface area is 114 Å². The largest absolute Gasteiger partial charge is 0.383 e. The molecular formula is C13H16F2N2O3. The van der Waals surface area contributed by atoms with E-state index in [-0.39, 0.29) is 18.5 Å². The van der Waals surface area contributed by atoms with E-state index in [1.807, 2.05) is 5.32 Å². The molecule has 1 amide bonds. The molecule has 0 spiro atoms. The Kier molecular flexibility index (Phi) is 3.41. The molecule has 20 heavy (non-hydrogen) atoms. The second-order valence-corrected chi connectivity index (χ2v) is 5.20. The molecule has 1 heterocycles. The third kappa shape index (κ3) is 2.11. The number of rotatable bonds is 3. The molecule has 0 saturated heterocycles. The number of nitrogens with zero attached hydrogens (tertiary/aromatic N) is 1. The number of carbonyl (C=O) groups is 1. The molecule has 0 aliphatic heterocycles. The Balaban J connectivity index is 2.29. The van der Waals surface area contributed by atoms with Gasteiger partial charge in [0.2, 0.25) is 0 Å². The van der Waals surface area contributed by atoms with Crippen LogP contribution in [0.4, 0.5) is 14.5 Å². The fourth-order valence-corrected chi connectivity index (χ4v) is 2.10. The van der Waals surface area contributed by atoms with Crippen molar-refractivity contribution in [3.05, 3.63) is 28.2 Å². The van der Waals surface area contributed by atoms with Crippen LogP contribution in [-0.4, -0.2) is 27.1 Å². The summed E-state index contributed by atoms with van der Waals surface area (Å²) in [4.78, 5) is 23.5. The topological polar surface area (TPSA) is 71.3 Å². The summed E-state index contributed by atoms with van der Waals surface area (Å²) in [6, 6.07) is 1.53. The summed E-state index contributed by atoms with van der Waals surface area (Å²) >= 11 is 0. The lowest BCUT2D eigenvalue weighted by atomic mass is 9.75. The van der Waals surface area contributed by atoms with Crippen molar-refractivity contribution in [3.8, 4) is 0 Å². The van der Waals surface area contributed by atoms with Crippen LogP contribution < -0.4 is 10.9 Å². The first-order chi connectivity index (χ1) is 9.19. The van der Waals surface area contributed by atoms with E-state index in [1.54, 1.807) is 0 Å². The van der Waals surface area contributed by atoms with Gasteiger partial charge in [0, 0.05) is 13.2 Å². The highest BCUT2D eigenvalue weighted by atomic mass is 19.3. The van der Waals surface area contributed by atoms with Crippen molar-refractivity contribution in [2.24, 2.45) is 7.05 Å². The number of aromatic nitrogens is 1. The fourth-order valence-electron chi connectivity index (χ4n) is 2.10. The molecule has 1 aromatic heterocycles. The summed E-state index contributed by atoms with van der Waals surface area (Å²) < 4.78 is 29.0. The minimum absolute atomic E-state index is 0.126. The van der Waals surface area contributed by atoms with Crippen LogP contribution in [0.1, 0.15) is 24.8 Å². The van der Waals surface area contributed by atoms with Gasteiger partial charge in [-0.1, -0.05) is 0 Å². The van der Waals surface area contributed by atoms with E-state index >= 15 is 0 Å². The summed E-state index contributed by atoms with van der Waals surface area (Å²) in [7, 11) is 1.45. The third-order valence-corrected chi connectivity index (χ3v) is 3.77. The molecule has 5 nitrogen and oxygen atoms in total. The van der Waals surface area contributed by atoms with E-state index in [9.17, 15) is 23.5 Å². The highest BCUT2D eigenvalue weighted by Crippen LogP contribution is 2.44. The van der Waals surface area contributed by atoms with Gasteiger partial charge in [-0.25, -0.2) is 0 Å². The summed E-state index contributed by atoms with van der Waals surface area (Å²) in [5.74, 6) is -5.57. The number of alkyl halides is 2. The molecular weight excluding hydrogens is 270 g/mol. The van der Waals surface area contributed by atoms with E-state index in [0.717, 1.165) is 0 Å². The maximum atomic E-state index is 13.9. The molecule has 1 fully saturated rings. The first-order valence-electron chi connectivity index (χ1n) is 6.27. The molecule has 0 aromatic carbocycles. The zero-order valence-electron chi connectivity index (χ0n) is 11.2. The molecule has 1 aromatic rings. The lowest BCUT2D eigenvalue weighted by molar-refractivity contribution is -0.212. The zero-order chi connectivity index (χ0) is 15.1. The van der Waals surface area contributed by atoms with E-state index < -0.39 is 23.0 Å².